The SMILES string of the molecule is NC1CCc2cccc(C(F)(F)F)c2C1. The van der Waals surface area contributed by atoms with Gasteiger partial charge in [-0.2, -0.15) is 13.2 Å². The minimum Gasteiger partial charge on any atom is -0.327 e. The fourth-order valence-corrected chi connectivity index (χ4v) is 2.08. The Morgan fingerprint density at radius 1 is 1.27 bits per heavy atom. The van der Waals surface area contributed by atoms with E-state index in [1.807, 2.05) is 0 Å². The molecule has 0 spiro atoms. The maximum Gasteiger partial charge on any atom is 0.416 e. The average molecular weight is 215 g/mol. The van der Waals surface area contributed by atoms with Gasteiger partial charge in [0.05, 0.1) is 5.56 Å². The van der Waals surface area contributed by atoms with E-state index in [1.165, 1.54) is 6.07 Å². The van der Waals surface area contributed by atoms with Crippen molar-refractivity contribution in [1.29, 1.82) is 0 Å². The smallest absolute Gasteiger partial charge is 0.327 e. The van der Waals surface area contributed by atoms with Crippen LogP contribution in [-0.2, 0) is 19.0 Å². The van der Waals surface area contributed by atoms with Gasteiger partial charge in [-0.25, -0.2) is 0 Å². The van der Waals surface area contributed by atoms with Crippen LogP contribution in [0.5, 0.6) is 0 Å². The van der Waals surface area contributed by atoms with E-state index in [0.29, 0.717) is 18.4 Å². The zero-order valence-electron chi connectivity index (χ0n) is 8.14. The summed E-state index contributed by atoms with van der Waals surface area (Å²) < 4.78 is 38.0. The minimum absolute atomic E-state index is 0.138. The molecule has 1 atom stereocenters. The summed E-state index contributed by atoms with van der Waals surface area (Å²) in [4.78, 5) is 0. The van der Waals surface area contributed by atoms with Crippen LogP contribution in [0, 0.1) is 0 Å². The van der Waals surface area contributed by atoms with Gasteiger partial charge in [0.15, 0.2) is 0 Å². The number of nitrogens with two attached hydrogens (primary N) is 1. The third kappa shape index (κ3) is 2.00. The first kappa shape index (κ1) is 10.5. The number of benzene rings is 1. The number of hydrogen-bond donors (Lipinski definition) is 1. The maximum absolute atomic E-state index is 12.7. The molecule has 0 aromatic heterocycles. The largest absolute Gasteiger partial charge is 0.416 e. The highest BCUT2D eigenvalue weighted by atomic mass is 19.4. The molecule has 0 saturated heterocycles. The molecule has 0 radical (unpaired) electrons. The Morgan fingerprint density at radius 2 is 2.00 bits per heavy atom. The Labute approximate surface area is 86.1 Å². The van der Waals surface area contributed by atoms with E-state index in [9.17, 15) is 13.2 Å². The minimum atomic E-state index is -4.26. The second kappa shape index (κ2) is 3.52. The average Bonchev–Trinajstić information content (AvgIpc) is 2.15. The van der Waals surface area contributed by atoms with Gasteiger partial charge in [-0.15, -0.1) is 0 Å². The molecule has 1 nitrogen and oxygen atoms in total. The number of alkyl halides is 3. The molecule has 4 heteroatoms. The van der Waals surface area contributed by atoms with Gasteiger partial charge in [-0.05, 0) is 36.5 Å². The van der Waals surface area contributed by atoms with Gasteiger partial charge in [0, 0.05) is 6.04 Å². The molecule has 0 bridgehead atoms. The lowest BCUT2D eigenvalue weighted by molar-refractivity contribution is -0.138. The third-order valence-electron chi connectivity index (χ3n) is 2.83. The van der Waals surface area contributed by atoms with Gasteiger partial charge < -0.3 is 5.73 Å². The molecule has 0 fully saturated rings. The maximum atomic E-state index is 12.7. The van der Waals surface area contributed by atoms with Gasteiger partial charge in [0.1, 0.15) is 0 Å². The highest BCUT2D eigenvalue weighted by Gasteiger charge is 2.35. The highest BCUT2D eigenvalue weighted by Crippen LogP contribution is 2.35. The lowest BCUT2D eigenvalue weighted by Crippen LogP contribution is -2.29. The van der Waals surface area contributed by atoms with Crippen molar-refractivity contribution in [3.63, 3.8) is 0 Å². The van der Waals surface area contributed by atoms with Crippen molar-refractivity contribution < 1.29 is 13.2 Å². The Hall–Kier alpha value is -1.03. The van der Waals surface area contributed by atoms with Crippen LogP contribution in [0.2, 0.25) is 0 Å². The summed E-state index contributed by atoms with van der Waals surface area (Å²) in [5.41, 5.74) is 6.37. The van der Waals surface area contributed by atoms with Crippen molar-refractivity contribution in [1.82, 2.24) is 0 Å². The first-order valence-electron chi connectivity index (χ1n) is 4.92. The van der Waals surface area contributed by atoms with Gasteiger partial charge in [0.25, 0.3) is 0 Å². The van der Waals surface area contributed by atoms with E-state index in [4.69, 9.17) is 5.73 Å². The highest BCUT2D eigenvalue weighted by molar-refractivity contribution is 5.39. The number of aryl methyl sites for hydroxylation is 1. The molecule has 1 aromatic carbocycles. The lowest BCUT2D eigenvalue weighted by Gasteiger charge is -2.24. The molecule has 0 aliphatic heterocycles. The van der Waals surface area contributed by atoms with Gasteiger partial charge in [-0.3, -0.25) is 0 Å². The molecule has 1 aliphatic rings. The van der Waals surface area contributed by atoms with Gasteiger partial charge in [-0.1, -0.05) is 12.1 Å². The summed E-state index contributed by atoms with van der Waals surface area (Å²) in [6, 6.07) is 4.23. The summed E-state index contributed by atoms with van der Waals surface area (Å²) in [6.07, 6.45) is -2.50. The quantitative estimate of drug-likeness (QED) is 0.707. The van der Waals surface area contributed by atoms with Crippen LogP contribution in [0.3, 0.4) is 0 Å². The molecule has 0 amide bonds. The van der Waals surface area contributed by atoms with Crippen LogP contribution >= 0.6 is 0 Å². The van der Waals surface area contributed by atoms with Crippen molar-refractivity contribution >= 4 is 0 Å². The topological polar surface area (TPSA) is 26.0 Å². The van der Waals surface area contributed by atoms with Crippen LogP contribution < -0.4 is 5.73 Å². The standard InChI is InChI=1S/C11H12F3N/c12-11(13,14)10-3-1-2-7-4-5-8(15)6-9(7)10/h1-3,8H,4-6,15H2. The van der Waals surface area contributed by atoms with Gasteiger partial charge in [0.2, 0.25) is 0 Å². The summed E-state index contributed by atoms with van der Waals surface area (Å²) in [5, 5.41) is 0. The van der Waals surface area contributed by atoms with Crippen molar-refractivity contribution in [2.45, 2.75) is 31.5 Å². The molecular weight excluding hydrogens is 203 g/mol. The van der Waals surface area contributed by atoms with Crippen LogP contribution in [0.1, 0.15) is 23.1 Å². The Kier molecular flexibility index (Phi) is 2.46. The molecule has 15 heavy (non-hydrogen) atoms. The van der Waals surface area contributed by atoms with Crippen molar-refractivity contribution in [3.05, 3.63) is 34.9 Å². The first-order chi connectivity index (χ1) is 6.98. The summed E-state index contributed by atoms with van der Waals surface area (Å²) in [6.45, 7) is 0. The van der Waals surface area contributed by atoms with E-state index < -0.39 is 11.7 Å². The molecule has 82 valence electrons. The van der Waals surface area contributed by atoms with Crippen molar-refractivity contribution in [3.8, 4) is 0 Å². The van der Waals surface area contributed by atoms with Crippen LogP contribution in [0.4, 0.5) is 13.2 Å². The van der Waals surface area contributed by atoms with Crippen molar-refractivity contribution in [2.24, 2.45) is 5.73 Å². The predicted octanol–water partition coefficient (Wildman–Crippen LogP) is 2.52. The van der Waals surface area contributed by atoms with E-state index >= 15 is 0 Å². The van der Waals surface area contributed by atoms with E-state index in [2.05, 4.69) is 0 Å². The Bertz CT molecular complexity index is 371. The molecule has 1 unspecified atom stereocenters. The number of hydrogen-bond acceptors (Lipinski definition) is 1. The number of rotatable bonds is 0. The second-order valence-corrected chi connectivity index (χ2v) is 3.94. The Balaban J connectivity index is 2.49. The lowest BCUT2D eigenvalue weighted by atomic mass is 9.85. The van der Waals surface area contributed by atoms with Crippen LogP contribution in [0.25, 0.3) is 0 Å². The van der Waals surface area contributed by atoms with E-state index in [1.54, 1.807) is 6.07 Å². The molecular formula is C11H12F3N. The molecule has 0 saturated carbocycles. The van der Waals surface area contributed by atoms with Crippen LogP contribution in [0.15, 0.2) is 18.2 Å². The first-order valence-corrected chi connectivity index (χ1v) is 4.92. The van der Waals surface area contributed by atoms with E-state index in [0.717, 1.165) is 18.1 Å². The summed E-state index contributed by atoms with van der Waals surface area (Å²) in [7, 11) is 0. The normalized spacial score (nSPS) is 21.2. The third-order valence-corrected chi connectivity index (χ3v) is 2.83. The summed E-state index contributed by atoms with van der Waals surface area (Å²) in [5.74, 6) is 0. The second-order valence-electron chi connectivity index (χ2n) is 3.94. The van der Waals surface area contributed by atoms with Crippen LogP contribution in [-0.4, -0.2) is 6.04 Å². The number of fused-ring (bicyclic) bond motifs is 1. The molecule has 2 N–H and O–H groups in total. The van der Waals surface area contributed by atoms with E-state index in [-0.39, 0.29) is 6.04 Å². The monoisotopic (exact) mass is 215 g/mol. The zero-order valence-corrected chi connectivity index (χ0v) is 8.14. The number of halogens is 3. The summed E-state index contributed by atoms with van der Waals surface area (Å²) >= 11 is 0. The molecule has 1 aromatic rings. The van der Waals surface area contributed by atoms with Crippen molar-refractivity contribution in [2.75, 3.05) is 0 Å². The Morgan fingerprint density at radius 3 is 2.67 bits per heavy atom. The molecule has 1 aliphatic carbocycles. The fourth-order valence-electron chi connectivity index (χ4n) is 2.08. The zero-order chi connectivity index (χ0) is 11.1. The predicted molar refractivity (Wildman–Crippen MR) is 51.4 cm³/mol. The molecule has 2 rings (SSSR count). The molecule has 0 heterocycles. The van der Waals surface area contributed by atoms with Gasteiger partial charge >= 0.3 is 6.18 Å². The fraction of sp³-hybridized carbons (Fsp3) is 0.455.